The molecule has 0 saturated heterocycles. The molecule has 0 aliphatic rings. The molecule has 0 aromatic rings. The van der Waals surface area contributed by atoms with Gasteiger partial charge in [-0.1, -0.05) is 252 Å². The van der Waals surface area contributed by atoms with E-state index in [-0.39, 0.29) is 25.7 Å². The van der Waals surface area contributed by atoms with E-state index >= 15 is 0 Å². The molecule has 0 fully saturated rings. The minimum absolute atomic E-state index is 0.0707. The second-order valence-electron chi connectivity index (χ2n) is 24.8. The van der Waals surface area contributed by atoms with Crippen LogP contribution in [0.25, 0.3) is 0 Å². The van der Waals surface area contributed by atoms with E-state index in [2.05, 4.69) is 149 Å². The molecule has 0 aliphatic heterocycles. The van der Waals surface area contributed by atoms with Gasteiger partial charge in [0.2, 0.25) is 0 Å². The summed E-state index contributed by atoms with van der Waals surface area (Å²) in [5, 5.41) is 10.6. The van der Waals surface area contributed by atoms with Crippen LogP contribution in [0.15, 0.2) is 122 Å². The van der Waals surface area contributed by atoms with Crippen molar-refractivity contribution in [3.63, 3.8) is 0 Å². The molecule has 5 atom stereocenters. The summed E-state index contributed by atoms with van der Waals surface area (Å²) >= 11 is 0. The van der Waals surface area contributed by atoms with Gasteiger partial charge in [0.1, 0.15) is 19.3 Å². The zero-order valence-corrected chi connectivity index (χ0v) is 63.0. The number of allylic oxidation sites excluding steroid dienone is 20. The van der Waals surface area contributed by atoms with Gasteiger partial charge in [0.05, 0.1) is 26.4 Å². The molecule has 19 heteroatoms. The second kappa shape index (κ2) is 70.9. The van der Waals surface area contributed by atoms with Crippen LogP contribution in [0.1, 0.15) is 297 Å². The van der Waals surface area contributed by atoms with Crippen molar-refractivity contribution in [2.45, 2.75) is 316 Å². The predicted molar refractivity (Wildman–Crippen MR) is 399 cm³/mol. The number of aliphatic hydroxyl groups excluding tert-OH is 1. The normalized spacial score (nSPS) is 14.6. The Morgan fingerprint density at radius 1 is 0.296 bits per heavy atom. The van der Waals surface area contributed by atoms with Crippen LogP contribution < -0.4 is 0 Å². The van der Waals surface area contributed by atoms with Gasteiger partial charge in [0.25, 0.3) is 0 Å². The molecule has 0 aliphatic carbocycles. The van der Waals surface area contributed by atoms with E-state index in [4.69, 9.17) is 37.0 Å². The predicted octanol–water partition coefficient (Wildman–Crippen LogP) is 21.6. The maximum Gasteiger partial charge on any atom is 0.472 e. The molecule has 5 unspecified atom stereocenters. The van der Waals surface area contributed by atoms with E-state index in [1.165, 1.54) is 12.8 Å². The van der Waals surface area contributed by atoms with Gasteiger partial charge in [-0.15, -0.1) is 0 Å². The highest BCUT2D eigenvalue weighted by atomic mass is 31.2. The van der Waals surface area contributed by atoms with Gasteiger partial charge < -0.3 is 33.8 Å². The fourth-order valence-electron chi connectivity index (χ4n) is 9.66. The third-order valence-electron chi connectivity index (χ3n) is 15.4. The second-order valence-corrected chi connectivity index (χ2v) is 27.7. The third-order valence-corrected chi connectivity index (χ3v) is 17.3. The maximum absolute atomic E-state index is 13.1. The Morgan fingerprint density at radius 3 is 0.867 bits per heavy atom. The molecule has 0 bridgehead atoms. The average Bonchev–Trinajstić information content (AvgIpc) is 0.973. The van der Waals surface area contributed by atoms with Gasteiger partial charge in [-0.3, -0.25) is 37.3 Å². The molecular weight excluding hydrogens is 1280 g/mol. The zero-order chi connectivity index (χ0) is 71.8. The van der Waals surface area contributed by atoms with Crippen molar-refractivity contribution in [1.29, 1.82) is 0 Å². The van der Waals surface area contributed by atoms with E-state index in [0.29, 0.717) is 25.7 Å². The van der Waals surface area contributed by atoms with Gasteiger partial charge >= 0.3 is 39.5 Å². The van der Waals surface area contributed by atoms with Gasteiger partial charge in [0, 0.05) is 25.7 Å². The van der Waals surface area contributed by atoms with Crippen molar-refractivity contribution in [2.24, 2.45) is 0 Å². The van der Waals surface area contributed by atoms with Crippen LogP contribution in [0, 0.1) is 0 Å². The molecule has 3 N–H and O–H groups in total. The lowest BCUT2D eigenvalue weighted by Gasteiger charge is -2.21. The fraction of sp³-hybridized carbons (Fsp3) is 0.696. The van der Waals surface area contributed by atoms with Crippen LogP contribution in [-0.2, 0) is 65.4 Å². The first-order chi connectivity index (χ1) is 47.7. The van der Waals surface area contributed by atoms with Crippen LogP contribution in [-0.4, -0.2) is 96.7 Å². The highest BCUT2D eigenvalue weighted by molar-refractivity contribution is 7.47. The third kappa shape index (κ3) is 69.9. The van der Waals surface area contributed by atoms with Gasteiger partial charge in [0.15, 0.2) is 12.2 Å². The molecule has 562 valence electrons. The zero-order valence-electron chi connectivity index (χ0n) is 61.2. The van der Waals surface area contributed by atoms with E-state index in [9.17, 15) is 43.2 Å². The lowest BCUT2D eigenvalue weighted by atomic mass is 10.1. The van der Waals surface area contributed by atoms with Crippen molar-refractivity contribution in [1.82, 2.24) is 0 Å². The highest BCUT2D eigenvalue weighted by Crippen LogP contribution is 2.45. The Morgan fingerprint density at radius 2 is 0.551 bits per heavy atom. The van der Waals surface area contributed by atoms with E-state index in [1.54, 1.807) is 0 Å². The van der Waals surface area contributed by atoms with Gasteiger partial charge in [-0.25, -0.2) is 9.13 Å². The molecule has 0 spiro atoms. The standard InChI is InChI=1S/C79H134O17P2/c1-5-9-13-17-21-25-29-32-34-36-38-41-44-47-51-55-59-63-76(81)89-69-74(95-78(83)65-61-57-53-49-43-28-24-20-16-12-8-4)71-93-97(85,86)91-67-73(80)68-92-98(87,88)94-72-75(96-79(84)66-62-58-54-50-46-40-31-27-23-19-15-11-7-3)70-90-77(82)64-60-56-52-48-45-42-39-37-35-33-30-26-22-18-14-10-6-2/h9-10,13-15,19-22,24-27,31-35,39,42,73-75,80H,5-8,11-12,16-18,23,28-30,36-38,40-41,43-72H2,1-4H3,(H,85,86)(H,87,88)/b13-9-,14-10-,19-15-,24-20-,25-21-,26-22-,31-27-,34-32-,35-33-,42-39-. The Balaban J connectivity index is 5.34. The Bertz CT molecular complexity index is 2340. The van der Waals surface area contributed by atoms with Crippen LogP contribution in [0.2, 0.25) is 0 Å². The van der Waals surface area contributed by atoms with Crippen molar-refractivity contribution in [3.05, 3.63) is 122 Å². The number of carbonyl (C=O) groups is 4. The molecule has 0 saturated carbocycles. The topological polar surface area (TPSA) is 237 Å². The number of ether oxygens (including phenoxy) is 4. The van der Waals surface area contributed by atoms with Crippen LogP contribution in [0.3, 0.4) is 0 Å². The van der Waals surface area contributed by atoms with Crippen LogP contribution >= 0.6 is 15.6 Å². The van der Waals surface area contributed by atoms with Crippen molar-refractivity contribution >= 4 is 39.5 Å². The molecule has 0 radical (unpaired) electrons. The first-order valence-corrected chi connectivity index (χ1v) is 40.8. The first-order valence-electron chi connectivity index (χ1n) is 37.8. The summed E-state index contributed by atoms with van der Waals surface area (Å²) in [5.74, 6) is -2.24. The number of hydrogen-bond donors (Lipinski definition) is 3. The summed E-state index contributed by atoms with van der Waals surface area (Å²) in [7, 11) is -9.96. The number of aliphatic hydroxyl groups is 1. The van der Waals surface area contributed by atoms with E-state index in [0.717, 1.165) is 205 Å². The monoisotopic (exact) mass is 1420 g/mol. The minimum Gasteiger partial charge on any atom is -0.462 e. The first kappa shape index (κ1) is 93.5. The minimum atomic E-state index is -4.98. The lowest BCUT2D eigenvalue weighted by Crippen LogP contribution is -2.30. The molecule has 0 aromatic carbocycles. The van der Waals surface area contributed by atoms with Crippen molar-refractivity contribution < 1.29 is 80.2 Å². The highest BCUT2D eigenvalue weighted by Gasteiger charge is 2.30. The number of esters is 4. The van der Waals surface area contributed by atoms with Crippen molar-refractivity contribution in [3.8, 4) is 0 Å². The summed E-state index contributed by atoms with van der Waals surface area (Å²) in [6.45, 7) is 4.48. The maximum atomic E-state index is 13.1. The Hall–Kier alpha value is -4.54. The molecule has 0 rings (SSSR count). The molecular formula is C79H134O17P2. The molecule has 17 nitrogen and oxygen atoms in total. The molecule has 0 heterocycles. The number of rotatable bonds is 70. The Kier molecular flexibility index (Phi) is 67.6. The summed E-state index contributed by atoms with van der Waals surface area (Å²) in [5.41, 5.74) is 0. The number of hydrogen-bond acceptors (Lipinski definition) is 15. The SMILES string of the molecule is CC/C=C\C/C=C\C/C=C\C/C=C\CCCCCCC(=O)OCC(COP(=O)(O)OCC(O)COP(=O)(O)OCC(COC(=O)CCCCCCCCC/C=C\C/C=C\C/C=C\CC)OC(=O)CCCCCCC/C=C\CCCC)OC(=O)CCCCCCC/C=C\C/C=C\CCC. The average molecular weight is 1420 g/mol. The summed E-state index contributed by atoms with van der Waals surface area (Å²) in [4.78, 5) is 72.8. The van der Waals surface area contributed by atoms with Crippen LogP contribution in [0.5, 0.6) is 0 Å². The summed E-state index contributed by atoms with van der Waals surface area (Å²) in [6, 6.07) is 0. The molecule has 0 aromatic heterocycles. The number of carbonyl (C=O) groups excluding carboxylic acids is 4. The summed E-state index contributed by atoms with van der Waals surface area (Å²) < 4.78 is 68.4. The van der Waals surface area contributed by atoms with Crippen molar-refractivity contribution in [2.75, 3.05) is 39.6 Å². The fourth-order valence-corrected chi connectivity index (χ4v) is 11.2. The largest absolute Gasteiger partial charge is 0.472 e. The summed E-state index contributed by atoms with van der Waals surface area (Å²) in [6.07, 6.45) is 76.2. The smallest absolute Gasteiger partial charge is 0.462 e. The molecule has 0 amide bonds. The molecule has 98 heavy (non-hydrogen) atoms. The van der Waals surface area contributed by atoms with E-state index < -0.39 is 97.5 Å². The van der Waals surface area contributed by atoms with E-state index in [1.807, 2.05) is 0 Å². The number of phosphoric acid groups is 2. The number of phosphoric ester groups is 2. The quantitative estimate of drug-likeness (QED) is 0.0169. The van der Waals surface area contributed by atoms with Crippen LogP contribution in [0.4, 0.5) is 0 Å². The number of unbranched alkanes of at least 4 members (excludes halogenated alkanes) is 24. The Labute approximate surface area is 593 Å². The van der Waals surface area contributed by atoms with Gasteiger partial charge in [-0.05, 0) is 141 Å². The van der Waals surface area contributed by atoms with Gasteiger partial charge in [-0.2, -0.15) is 0 Å². The lowest BCUT2D eigenvalue weighted by molar-refractivity contribution is -0.161.